The monoisotopic (exact) mass is 372 g/mol. The lowest BCUT2D eigenvalue weighted by atomic mass is 9.90. The molecule has 0 saturated carbocycles. The Balaban J connectivity index is 2.18. The Bertz CT molecular complexity index is 1240. The van der Waals surface area contributed by atoms with Gasteiger partial charge in [-0.3, -0.25) is 4.99 Å². The predicted molar refractivity (Wildman–Crippen MR) is 111 cm³/mol. The average Bonchev–Trinajstić information content (AvgIpc) is 2.70. The van der Waals surface area contributed by atoms with Gasteiger partial charge in [-0.1, -0.05) is 18.2 Å². The number of carbonyl (C=O) groups is 1. The fraction of sp³-hybridized carbons (Fsp3) is 0.130. The maximum atomic E-state index is 11.9. The Morgan fingerprint density at radius 2 is 1.79 bits per heavy atom. The molecule has 0 aromatic heterocycles. The van der Waals surface area contributed by atoms with E-state index in [0.717, 1.165) is 27.6 Å². The Morgan fingerprint density at radius 1 is 1.00 bits per heavy atom. The van der Waals surface area contributed by atoms with Gasteiger partial charge in [0.25, 0.3) is 0 Å². The number of rotatable bonds is 3. The first-order chi connectivity index (χ1) is 13.5. The standard InChI is InChI=1S/C23H20N2O3/c1-24-14-8-10-18-20(12-14)28-21-13-15(25(2)3)9-11-19(21)22(18)16-6-4-5-7-17(16)23(26)27/h4-13H,1-3H3,(H,26,27). The van der Waals surface area contributed by atoms with Crippen LogP contribution >= 0.6 is 0 Å². The minimum atomic E-state index is -0.956. The van der Waals surface area contributed by atoms with E-state index in [2.05, 4.69) is 4.99 Å². The van der Waals surface area contributed by atoms with Crippen molar-refractivity contribution in [3.63, 3.8) is 0 Å². The molecule has 0 atom stereocenters. The average molecular weight is 372 g/mol. The number of hydrogen-bond acceptors (Lipinski definition) is 4. The van der Waals surface area contributed by atoms with E-state index >= 15 is 0 Å². The second-order valence-electron chi connectivity index (χ2n) is 6.81. The lowest BCUT2D eigenvalue weighted by Gasteiger charge is -2.18. The van der Waals surface area contributed by atoms with Crippen molar-refractivity contribution >= 4 is 22.6 Å². The van der Waals surface area contributed by atoms with Crippen LogP contribution < -0.4 is 10.3 Å². The molecule has 2 aromatic carbocycles. The van der Waals surface area contributed by atoms with Gasteiger partial charge in [0.1, 0.15) is 11.3 Å². The highest BCUT2D eigenvalue weighted by Crippen LogP contribution is 2.41. The van der Waals surface area contributed by atoms with Crippen molar-refractivity contribution in [2.45, 2.75) is 0 Å². The third-order valence-electron chi connectivity index (χ3n) is 4.89. The fourth-order valence-electron chi connectivity index (χ4n) is 3.46. The highest BCUT2D eigenvalue weighted by atomic mass is 16.4. The van der Waals surface area contributed by atoms with Crippen LogP contribution in [0.1, 0.15) is 10.4 Å². The van der Waals surface area contributed by atoms with E-state index in [9.17, 15) is 9.90 Å². The minimum absolute atomic E-state index is 0.261. The van der Waals surface area contributed by atoms with Gasteiger partial charge >= 0.3 is 5.97 Å². The number of carboxylic acid groups (broad SMARTS) is 1. The first-order valence-corrected chi connectivity index (χ1v) is 8.93. The molecule has 0 bridgehead atoms. The molecular formula is C23H20N2O3. The van der Waals surface area contributed by atoms with Crippen LogP contribution in [0, 0.1) is 0 Å². The topological polar surface area (TPSA) is 66.0 Å². The van der Waals surface area contributed by atoms with E-state index in [1.807, 2.05) is 67.5 Å². The Morgan fingerprint density at radius 3 is 2.50 bits per heavy atom. The van der Waals surface area contributed by atoms with Gasteiger partial charge in [-0.2, -0.15) is 0 Å². The Labute approximate surface area is 162 Å². The van der Waals surface area contributed by atoms with Crippen LogP contribution in [-0.4, -0.2) is 32.2 Å². The molecule has 2 aromatic rings. The zero-order chi connectivity index (χ0) is 19.8. The number of aromatic carboxylic acids is 1. The lowest BCUT2D eigenvalue weighted by molar-refractivity contribution is 0.0697. The summed E-state index contributed by atoms with van der Waals surface area (Å²) >= 11 is 0. The van der Waals surface area contributed by atoms with E-state index in [0.29, 0.717) is 16.9 Å². The molecule has 0 fully saturated rings. The molecule has 140 valence electrons. The molecule has 28 heavy (non-hydrogen) atoms. The van der Waals surface area contributed by atoms with Crippen molar-refractivity contribution in [1.82, 2.24) is 0 Å². The van der Waals surface area contributed by atoms with Crippen LogP contribution in [0.5, 0.6) is 0 Å². The van der Waals surface area contributed by atoms with Crippen LogP contribution in [0.3, 0.4) is 0 Å². The lowest BCUT2D eigenvalue weighted by Crippen LogP contribution is -2.08. The number of fused-ring (bicyclic) bond motifs is 2. The highest BCUT2D eigenvalue weighted by Gasteiger charge is 2.21. The van der Waals surface area contributed by atoms with Gasteiger partial charge in [0.2, 0.25) is 0 Å². The summed E-state index contributed by atoms with van der Waals surface area (Å²) in [5.41, 5.74) is 4.33. The van der Waals surface area contributed by atoms with Crippen molar-refractivity contribution in [3.8, 4) is 22.5 Å². The number of nitrogens with zero attached hydrogens (tertiary/aromatic N) is 2. The Kier molecular flexibility index (Phi) is 4.35. The SMILES string of the molecule is CN=c1ccc2c(-c3ccccc3C(=O)O)c3ccc(N(C)C)cc3oc-2c1. The zero-order valence-electron chi connectivity index (χ0n) is 15.9. The molecule has 0 radical (unpaired) electrons. The molecule has 1 N–H and O–H groups in total. The summed E-state index contributed by atoms with van der Waals surface area (Å²) in [6.45, 7) is 0. The number of carboxylic acids is 1. The van der Waals surface area contributed by atoms with Crippen molar-refractivity contribution in [2.75, 3.05) is 26.0 Å². The molecule has 1 aliphatic heterocycles. The molecule has 0 amide bonds. The first kappa shape index (κ1) is 17.8. The predicted octanol–water partition coefficient (Wildman–Crippen LogP) is 4.50. The summed E-state index contributed by atoms with van der Waals surface area (Å²) in [6.07, 6.45) is 0. The fourth-order valence-corrected chi connectivity index (χ4v) is 3.46. The van der Waals surface area contributed by atoms with Crippen molar-refractivity contribution in [1.29, 1.82) is 0 Å². The van der Waals surface area contributed by atoms with Gasteiger partial charge in [0.05, 0.1) is 10.9 Å². The smallest absolute Gasteiger partial charge is 0.336 e. The summed E-state index contributed by atoms with van der Waals surface area (Å²) in [5, 5.41) is 11.4. The molecule has 2 aliphatic rings. The van der Waals surface area contributed by atoms with E-state index < -0.39 is 5.97 Å². The van der Waals surface area contributed by atoms with Crippen molar-refractivity contribution in [2.24, 2.45) is 4.99 Å². The molecule has 5 nitrogen and oxygen atoms in total. The molecule has 4 rings (SSSR count). The van der Waals surface area contributed by atoms with Crippen LogP contribution in [0.25, 0.3) is 33.4 Å². The number of anilines is 1. The molecule has 5 heteroatoms. The second-order valence-corrected chi connectivity index (χ2v) is 6.81. The van der Waals surface area contributed by atoms with Crippen LogP contribution in [-0.2, 0) is 0 Å². The second kappa shape index (κ2) is 6.85. The van der Waals surface area contributed by atoms with E-state index in [1.165, 1.54) is 0 Å². The highest BCUT2D eigenvalue weighted by molar-refractivity contribution is 6.07. The summed E-state index contributed by atoms with van der Waals surface area (Å²) < 4.78 is 6.21. The molecular weight excluding hydrogens is 352 g/mol. The van der Waals surface area contributed by atoms with E-state index in [-0.39, 0.29) is 5.56 Å². The quantitative estimate of drug-likeness (QED) is 0.538. The van der Waals surface area contributed by atoms with Gasteiger partial charge in [-0.25, -0.2) is 4.79 Å². The maximum absolute atomic E-state index is 11.9. The molecule has 0 spiro atoms. The normalized spacial score (nSPS) is 11.9. The van der Waals surface area contributed by atoms with Crippen LogP contribution in [0.15, 0.2) is 70.1 Å². The van der Waals surface area contributed by atoms with Gasteiger partial charge in [0.15, 0.2) is 0 Å². The van der Waals surface area contributed by atoms with Gasteiger partial charge in [-0.15, -0.1) is 0 Å². The summed E-state index contributed by atoms with van der Waals surface area (Å²) in [5.74, 6) is -0.288. The molecule has 0 saturated heterocycles. The van der Waals surface area contributed by atoms with Crippen LogP contribution in [0.4, 0.5) is 5.69 Å². The van der Waals surface area contributed by atoms with Crippen LogP contribution in [0.2, 0.25) is 0 Å². The third kappa shape index (κ3) is 2.91. The Hall–Kier alpha value is -3.60. The molecule has 1 heterocycles. The van der Waals surface area contributed by atoms with Crippen molar-refractivity contribution in [3.05, 3.63) is 71.6 Å². The summed E-state index contributed by atoms with van der Waals surface area (Å²) in [4.78, 5) is 18.1. The van der Waals surface area contributed by atoms with Gasteiger partial charge in [-0.05, 0) is 35.9 Å². The van der Waals surface area contributed by atoms with E-state index in [1.54, 1.807) is 19.2 Å². The van der Waals surface area contributed by atoms with E-state index in [4.69, 9.17) is 4.42 Å². The summed E-state index contributed by atoms with van der Waals surface area (Å²) in [7, 11) is 5.67. The zero-order valence-corrected chi connectivity index (χ0v) is 15.9. The first-order valence-electron chi connectivity index (χ1n) is 8.93. The van der Waals surface area contributed by atoms with Crippen molar-refractivity contribution < 1.29 is 14.3 Å². The van der Waals surface area contributed by atoms with Gasteiger partial charge in [0, 0.05) is 55.5 Å². The number of hydrogen-bond donors (Lipinski definition) is 1. The minimum Gasteiger partial charge on any atom is -0.478 e. The number of benzene rings is 3. The maximum Gasteiger partial charge on any atom is 0.336 e. The third-order valence-corrected chi connectivity index (χ3v) is 4.89. The molecule has 0 unspecified atom stereocenters. The molecule has 1 aliphatic carbocycles. The summed E-state index contributed by atoms with van der Waals surface area (Å²) in [6, 6.07) is 18.8. The largest absolute Gasteiger partial charge is 0.478 e. The van der Waals surface area contributed by atoms with Gasteiger partial charge < -0.3 is 14.4 Å².